The summed E-state index contributed by atoms with van der Waals surface area (Å²) in [5.74, 6) is -0.955. The second-order valence-electron chi connectivity index (χ2n) is 4.36. The van der Waals surface area contributed by atoms with Crippen LogP contribution in [0.25, 0.3) is 0 Å². The van der Waals surface area contributed by atoms with E-state index in [4.69, 9.17) is 5.11 Å². The number of aliphatic carboxylic acids is 1. The molecule has 0 aliphatic heterocycles. The number of aromatic nitrogens is 2. The molecular weight excluding hydrogens is 272 g/mol. The SMILES string of the molecule is Cc1nn(CCC(=O)O)c(C)c1S(=O)(=O)NN(C)C. The van der Waals surface area contributed by atoms with Crippen molar-refractivity contribution in [3.05, 3.63) is 11.4 Å². The van der Waals surface area contributed by atoms with Crippen LogP contribution >= 0.6 is 0 Å². The first kappa shape index (κ1) is 15.6. The minimum absolute atomic E-state index is 0.0894. The van der Waals surface area contributed by atoms with Gasteiger partial charge in [0, 0.05) is 14.1 Å². The van der Waals surface area contributed by atoms with Gasteiger partial charge in [-0.15, -0.1) is 4.83 Å². The number of hydrazine groups is 1. The summed E-state index contributed by atoms with van der Waals surface area (Å²) in [7, 11) is -0.560. The Morgan fingerprint density at radius 1 is 1.42 bits per heavy atom. The van der Waals surface area contributed by atoms with Crippen molar-refractivity contribution >= 4 is 16.0 Å². The largest absolute Gasteiger partial charge is 0.481 e. The molecule has 0 bridgehead atoms. The van der Waals surface area contributed by atoms with Crippen LogP contribution in [0.2, 0.25) is 0 Å². The van der Waals surface area contributed by atoms with E-state index in [0.29, 0.717) is 11.4 Å². The smallest absolute Gasteiger partial charge is 0.305 e. The molecule has 0 atom stereocenters. The lowest BCUT2D eigenvalue weighted by Gasteiger charge is -2.12. The average molecular weight is 290 g/mol. The van der Waals surface area contributed by atoms with Gasteiger partial charge in [0.15, 0.2) is 0 Å². The third kappa shape index (κ3) is 3.75. The summed E-state index contributed by atoms with van der Waals surface area (Å²) in [5, 5.41) is 14.0. The van der Waals surface area contributed by atoms with Crippen molar-refractivity contribution in [2.75, 3.05) is 14.1 Å². The summed E-state index contributed by atoms with van der Waals surface area (Å²) in [6.07, 6.45) is -0.109. The Kier molecular flexibility index (Phi) is 4.66. The molecule has 8 nitrogen and oxygen atoms in total. The summed E-state index contributed by atoms with van der Waals surface area (Å²) in [6.45, 7) is 3.32. The van der Waals surface area contributed by atoms with E-state index in [2.05, 4.69) is 9.93 Å². The topological polar surface area (TPSA) is 105 Å². The molecule has 0 spiro atoms. The Bertz CT molecular complexity index is 577. The quantitative estimate of drug-likeness (QED) is 0.699. The molecule has 0 aliphatic carbocycles. The van der Waals surface area contributed by atoms with Crippen molar-refractivity contribution in [2.45, 2.75) is 31.7 Å². The third-order valence-electron chi connectivity index (χ3n) is 2.42. The number of nitrogens with zero attached hydrogens (tertiary/aromatic N) is 3. The summed E-state index contributed by atoms with van der Waals surface area (Å²) in [4.78, 5) is 13.0. The molecule has 0 fully saturated rings. The molecule has 19 heavy (non-hydrogen) atoms. The van der Waals surface area contributed by atoms with Gasteiger partial charge in [0.2, 0.25) is 0 Å². The molecule has 0 radical (unpaired) electrons. The lowest BCUT2D eigenvalue weighted by atomic mass is 10.4. The fourth-order valence-corrected chi connectivity index (χ4v) is 3.27. The fraction of sp³-hybridized carbons (Fsp3) is 0.600. The summed E-state index contributed by atoms with van der Waals surface area (Å²) in [6, 6.07) is 0. The lowest BCUT2D eigenvalue weighted by molar-refractivity contribution is -0.137. The van der Waals surface area contributed by atoms with Crippen LogP contribution < -0.4 is 4.83 Å². The van der Waals surface area contributed by atoms with Gasteiger partial charge >= 0.3 is 5.97 Å². The van der Waals surface area contributed by atoms with Gasteiger partial charge in [-0.25, -0.2) is 13.4 Å². The van der Waals surface area contributed by atoms with Crippen molar-refractivity contribution in [2.24, 2.45) is 0 Å². The van der Waals surface area contributed by atoms with Crippen LogP contribution in [0, 0.1) is 13.8 Å². The van der Waals surface area contributed by atoms with Crippen molar-refractivity contribution < 1.29 is 18.3 Å². The van der Waals surface area contributed by atoms with Crippen LogP contribution in [0.15, 0.2) is 4.90 Å². The molecule has 0 unspecified atom stereocenters. The van der Waals surface area contributed by atoms with E-state index in [1.54, 1.807) is 27.9 Å². The maximum Gasteiger partial charge on any atom is 0.305 e. The maximum atomic E-state index is 12.1. The van der Waals surface area contributed by atoms with E-state index in [-0.39, 0.29) is 17.9 Å². The van der Waals surface area contributed by atoms with Crippen LogP contribution in [0.5, 0.6) is 0 Å². The molecule has 0 aromatic carbocycles. The minimum atomic E-state index is -3.69. The Labute approximate surface area is 112 Å². The lowest BCUT2D eigenvalue weighted by Crippen LogP contribution is -2.36. The first-order valence-electron chi connectivity index (χ1n) is 5.60. The first-order valence-corrected chi connectivity index (χ1v) is 7.09. The van der Waals surface area contributed by atoms with Gasteiger partial charge in [-0.3, -0.25) is 9.48 Å². The standard InChI is InChI=1S/C10H18N4O4S/c1-7-10(19(17,18)12-13(3)4)8(2)14(11-7)6-5-9(15)16/h12H,5-6H2,1-4H3,(H,15,16). The number of nitrogens with one attached hydrogen (secondary N) is 1. The highest BCUT2D eigenvalue weighted by Crippen LogP contribution is 2.19. The maximum absolute atomic E-state index is 12.1. The molecule has 1 rings (SSSR count). The van der Waals surface area contributed by atoms with Gasteiger partial charge in [0.25, 0.3) is 10.0 Å². The summed E-state index contributed by atoms with van der Waals surface area (Å²) >= 11 is 0. The van der Waals surface area contributed by atoms with Gasteiger partial charge in [-0.2, -0.15) is 5.10 Å². The van der Waals surface area contributed by atoms with Gasteiger partial charge in [-0.1, -0.05) is 0 Å². The fourth-order valence-electron chi connectivity index (χ4n) is 1.77. The van der Waals surface area contributed by atoms with Crippen molar-refractivity contribution in [3.8, 4) is 0 Å². The molecule has 108 valence electrons. The Morgan fingerprint density at radius 2 is 2.00 bits per heavy atom. The molecule has 1 aromatic rings. The molecule has 0 amide bonds. The zero-order valence-corrected chi connectivity index (χ0v) is 12.2. The number of rotatable bonds is 6. The molecule has 1 heterocycles. The zero-order valence-electron chi connectivity index (χ0n) is 11.3. The highest BCUT2D eigenvalue weighted by Gasteiger charge is 2.25. The van der Waals surface area contributed by atoms with Crippen molar-refractivity contribution in [1.82, 2.24) is 19.6 Å². The van der Waals surface area contributed by atoms with Gasteiger partial charge in [-0.05, 0) is 13.8 Å². The predicted molar refractivity (Wildman–Crippen MR) is 68.0 cm³/mol. The molecule has 2 N–H and O–H groups in total. The first-order chi connectivity index (χ1) is 8.65. The van der Waals surface area contributed by atoms with Crippen molar-refractivity contribution in [1.29, 1.82) is 0 Å². The highest BCUT2D eigenvalue weighted by atomic mass is 32.2. The van der Waals surface area contributed by atoms with E-state index in [0.717, 1.165) is 0 Å². The Hall–Kier alpha value is -1.45. The summed E-state index contributed by atoms with van der Waals surface area (Å²) in [5.41, 5.74) is 0.769. The molecule has 9 heteroatoms. The zero-order chi connectivity index (χ0) is 14.8. The van der Waals surface area contributed by atoms with Crippen LogP contribution in [-0.2, 0) is 21.4 Å². The minimum Gasteiger partial charge on any atom is -0.481 e. The third-order valence-corrected chi connectivity index (χ3v) is 4.16. The number of hydrogen-bond donors (Lipinski definition) is 2. The van der Waals surface area contributed by atoms with E-state index in [1.165, 1.54) is 9.69 Å². The molecule has 0 aliphatic rings. The van der Waals surface area contributed by atoms with E-state index in [1.807, 2.05) is 0 Å². The van der Waals surface area contributed by atoms with Gasteiger partial charge in [0.1, 0.15) is 4.90 Å². The molecule has 0 saturated heterocycles. The normalized spacial score (nSPS) is 12.1. The van der Waals surface area contributed by atoms with Gasteiger partial charge in [0.05, 0.1) is 24.4 Å². The van der Waals surface area contributed by atoms with E-state index >= 15 is 0 Å². The second-order valence-corrected chi connectivity index (χ2v) is 5.95. The molecular formula is C10H18N4O4S. The highest BCUT2D eigenvalue weighted by molar-refractivity contribution is 7.89. The number of carboxylic acids is 1. The Balaban J connectivity index is 3.13. The summed E-state index contributed by atoms with van der Waals surface area (Å²) < 4.78 is 25.6. The monoisotopic (exact) mass is 290 g/mol. The van der Waals surface area contributed by atoms with Crippen LogP contribution in [0.3, 0.4) is 0 Å². The van der Waals surface area contributed by atoms with Crippen LogP contribution in [0.1, 0.15) is 17.8 Å². The van der Waals surface area contributed by atoms with Crippen molar-refractivity contribution in [3.63, 3.8) is 0 Å². The number of aryl methyl sites for hydroxylation is 2. The molecule has 1 aromatic heterocycles. The number of hydrogen-bond acceptors (Lipinski definition) is 5. The predicted octanol–water partition coefficient (Wildman–Crippen LogP) is -0.270. The average Bonchev–Trinajstić information content (AvgIpc) is 2.49. The molecule has 0 saturated carbocycles. The Morgan fingerprint density at radius 3 is 2.47 bits per heavy atom. The van der Waals surface area contributed by atoms with Gasteiger partial charge < -0.3 is 5.11 Å². The van der Waals surface area contributed by atoms with Crippen LogP contribution in [0.4, 0.5) is 0 Å². The van der Waals surface area contributed by atoms with Crippen LogP contribution in [-0.4, -0.2) is 48.4 Å². The van der Waals surface area contributed by atoms with E-state index < -0.39 is 16.0 Å². The van der Waals surface area contributed by atoms with E-state index in [9.17, 15) is 13.2 Å². The number of carbonyl (C=O) groups is 1. The number of carboxylic acid groups (broad SMARTS) is 1. The second kappa shape index (κ2) is 5.68. The number of sulfonamides is 1.